The number of likely N-dealkylation sites (N-methyl/N-ethyl adjacent to an activating group) is 1. The van der Waals surface area contributed by atoms with Crippen LogP contribution in [0.5, 0.6) is 0 Å². The number of hydrogen-bond acceptors (Lipinski definition) is 3. The van der Waals surface area contributed by atoms with Crippen LogP contribution in [0.2, 0.25) is 0 Å². The van der Waals surface area contributed by atoms with E-state index >= 15 is 0 Å². The topological polar surface area (TPSA) is 75.4 Å². The molecule has 0 aliphatic rings. The maximum atomic E-state index is 12.3. The van der Waals surface area contributed by atoms with Gasteiger partial charge >= 0.3 is 0 Å². The number of amides is 2. The normalized spacial score (nSPS) is 13.3. The molecule has 5 heteroatoms. The molecule has 0 spiro atoms. The zero-order valence-electron chi connectivity index (χ0n) is 13.0. The van der Waals surface area contributed by atoms with Crippen LogP contribution in [0.25, 0.3) is 0 Å². The van der Waals surface area contributed by atoms with Crippen LogP contribution in [0.3, 0.4) is 0 Å². The number of hydrogen-bond donors (Lipinski definition) is 2. The summed E-state index contributed by atoms with van der Waals surface area (Å²) in [6, 6.07) is 8.82. The number of rotatable bonds is 7. The summed E-state index contributed by atoms with van der Waals surface area (Å²) in [5, 5.41) is 2.77. The molecule has 0 aliphatic carbocycles. The van der Waals surface area contributed by atoms with Crippen molar-refractivity contribution in [3.63, 3.8) is 0 Å². The van der Waals surface area contributed by atoms with Crippen molar-refractivity contribution in [2.75, 3.05) is 19.6 Å². The van der Waals surface area contributed by atoms with Crippen molar-refractivity contribution in [1.29, 1.82) is 0 Å². The van der Waals surface area contributed by atoms with Crippen LogP contribution in [-0.4, -0.2) is 42.4 Å². The summed E-state index contributed by atoms with van der Waals surface area (Å²) in [6.45, 7) is 7.02. The minimum atomic E-state index is -0.546. The fraction of sp³-hybridized carbons (Fsp3) is 0.500. The number of nitrogens with zero attached hydrogens (tertiary/aromatic N) is 1. The number of benzene rings is 1. The van der Waals surface area contributed by atoms with Crippen LogP contribution in [0.1, 0.15) is 32.3 Å². The van der Waals surface area contributed by atoms with Gasteiger partial charge in [-0.3, -0.25) is 9.59 Å². The van der Waals surface area contributed by atoms with Gasteiger partial charge in [0.2, 0.25) is 11.8 Å². The molecule has 1 aromatic carbocycles. The summed E-state index contributed by atoms with van der Waals surface area (Å²) in [5.74, 6) is -0.716. The summed E-state index contributed by atoms with van der Waals surface area (Å²) in [4.78, 5) is 26.2. The molecule has 0 heterocycles. The standard InChI is InChI=1S/C16H25N3O2/c1-4-19(5-2)16(21)12(3)18-15(20)14(11-17)13-9-7-6-8-10-13/h6-10,12,14H,4-5,11,17H2,1-3H3,(H,18,20). The van der Waals surface area contributed by atoms with Crippen molar-refractivity contribution in [2.24, 2.45) is 5.73 Å². The molecule has 0 aliphatic heterocycles. The van der Waals surface area contributed by atoms with Gasteiger partial charge in [-0.15, -0.1) is 0 Å². The van der Waals surface area contributed by atoms with E-state index < -0.39 is 12.0 Å². The molecular formula is C16H25N3O2. The van der Waals surface area contributed by atoms with Gasteiger partial charge in [-0.05, 0) is 26.3 Å². The summed E-state index contributed by atoms with van der Waals surface area (Å²) in [5.41, 5.74) is 6.57. The average Bonchev–Trinajstić information content (AvgIpc) is 2.50. The fourth-order valence-corrected chi connectivity index (χ4v) is 2.26. The van der Waals surface area contributed by atoms with Gasteiger partial charge in [-0.2, -0.15) is 0 Å². The first-order valence-electron chi connectivity index (χ1n) is 7.39. The number of carbonyl (C=O) groups is 2. The molecule has 0 saturated carbocycles. The van der Waals surface area contributed by atoms with E-state index in [0.29, 0.717) is 13.1 Å². The molecule has 2 atom stereocenters. The van der Waals surface area contributed by atoms with E-state index in [2.05, 4.69) is 5.32 Å². The van der Waals surface area contributed by atoms with E-state index in [1.54, 1.807) is 11.8 Å². The monoisotopic (exact) mass is 291 g/mol. The third kappa shape index (κ3) is 4.56. The predicted octanol–water partition coefficient (Wildman–Crippen LogP) is 1.10. The van der Waals surface area contributed by atoms with Crippen molar-refractivity contribution in [3.05, 3.63) is 35.9 Å². The highest BCUT2D eigenvalue weighted by Gasteiger charge is 2.24. The highest BCUT2D eigenvalue weighted by atomic mass is 16.2. The molecule has 1 rings (SSSR count). The first-order chi connectivity index (χ1) is 10.0. The van der Waals surface area contributed by atoms with Gasteiger partial charge in [0.25, 0.3) is 0 Å². The molecule has 0 fully saturated rings. The second kappa shape index (κ2) is 8.42. The quantitative estimate of drug-likeness (QED) is 0.790. The molecule has 0 radical (unpaired) electrons. The van der Waals surface area contributed by atoms with Crippen LogP contribution in [0, 0.1) is 0 Å². The van der Waals surface area contributed by atoms with Crippen LogP contribution in [0.4, 0.5) is 0 Å². The Hall–Kier alpha value is -1.88. The van der Waals surface area contributed by atoms with E-state index in [1.807, 2.05) is 44.2 Å². The minimum absolute atomic E-state index is 0.0721. The molecule has 2 unspecified atom stereocenters. The van der Waals surface area contributed by atoms with Crippen LogP contribution < -0.4 is 11.1 Å². The molecule has 5 nitrogen and oxygen atoms in total. The molecule has 1 aromatic rings. The molecule has 2 amide bonds. The lowest BCUT2D eigenvalue weighted by Gasteiger charge is -2.25. The second-order valence-corrected chi connectivity index (χ2v) is 4.94. The van der Waals surface area contributed by atoms with Crippen LogP contribution >= 0.6 is 0 Å². The summed E-state index contributed by atoms with van der Waals surface area (Å²) in [6.07, 6.45) is 0. The third-order valence-electron chi connectivity index (χ3n) is 3.56. The lowest BCUT2D eigenvalue weighted by Crippen LogP contribution is -2.48. The largest absolute Gasteiger partial charge is 0.344 e. The third-order valence-corrected chi connectivity index (χ3v) is 3.56. The van der Waals surface area contributed by atoms with Crippen molar-refractivity contribution in [2.45, 2.75) is 32.7 Å². The van der Waals surface area contributed by atoms with Gasteiger partial charge in [0.1, 0.15) is 6.04 Å². The summed E-state index contributed by atoms with van der Waals surface area (Å²) >= 11 is 0. The van der Waals surface area contributed by atoms with E-state index in [1.165, 1.54) is 0 Å². The zero-order valence-corrected chi connectivity index (χ0v) is 13.0. The molecule has 116 valence electrons. The Morgan fingerprint density at radius 2 is 1.76 bits per heavy atom. The maximum absolute atomic E-state index is 12.3. The van der Waals surface area contributed by atoms with Gasteiger partial charge in [0.05, 0.1) is 5.92 Å². The highest BCUT2D eigenvalue weighted by Crippen LogP contribution is 2.14. The summed E-state index contributed by atoms with van der Waals surface area (Å²) < 4.78 is 0. The van der Waals surface area contributed by atoms with Gasteiger partial charge in [-0.1, -0.05) is 30.3 Å². The number of nitrogens with one attached hydrogen (secondary N) is 1. The first kappa shape index (κ1) is 17.2. The van der Waals surface area contributed by atoms with E-state index in [-0.39, 0.29) is 18.4 Å². The fourth-order valence-electron chi connectivity index (χ4n) is 2.26. The Morgan fingerprint density at radius 1 is 1.19 bits per heavy atom. The van der Waals surface area contributed by atoms with Gasteiger partial charge in [-0.25, -0.2) is 0 Å². The maximum Gasteiger partial charge on any atom is 0.244 e. The Bertz CT molecular complexity index is 458. The smallest absolute Gasteiger partial charge is 0.244 e. The lowest BCUT2D eigenvalue weighted by molar-refractivity contribution is -0.136. The van der Waals surface area contributed by atoms with Crippen molar-refractivity contribution >= 4 is 11.8 Å². The van der Waals surface area contributed by atoms with Gasteiger partial charge in [0, 0.05) is 19.6 Å². The van der Waals surface area contributed by atoms with Gasteiger partial charge in [0.15, 0.2) is 0 Å². The molecular weight excluding hydrogens is 266 g/mol. The molecule has 0 saturated heterocycles. The SMILES string of the molecule is CCN(CC)C(=O)C(C)NC(=O)C(CN)c1ccccc1. The molecule has 3 N–H and O–H groups in total. The van der Waals surface area contributed by atoms with E-state index in [0.717, 1.165) is 5.56 Å². The zero-order chi connectivity index (χ0) is 15.8. The Balaban J connectivity index is 2.72. The first-order valence-corrected chi connectivity index (χ1v) is 7.39. The molecule has 0 bridgehead atoms. The molecule has 0 aromatic heterocycles. The minimum Gasteiger partial charge on any atom is -0.344 e. The predicted molar refractivity (Wildman–Crippen MR) is 83.8 cm³/mol. The summed E-state index contributed by atoms with van der Waals surface area (Å²) in [7, 11) is 0. The Labute approximate surface area is 126 Å². The van der Waals surface area contributed by atoms with E-state index in [9.17, 15) is 9.59 Å². The number of nitrogens with two attached hydrogens (primary N) is 1. The Kier molecular flexibility index (Phi) is 6.88. The van der Waals surface area contributed by atoms with Gasteiger partial charge < -0.3 is 16.0 Å². The van der Waals surface area contributed by atoms with Crippen LogP contribution in [0.15, 0.2) is 30.3 Å². The highest BCUT2D eigenvalue weighted by molar-refractivity contribution is 5.90. The van der Waals surface area contributed by atoms with Crippen LogP contribution in [-0.2, 0) is 9.59 Å². The molecule has 21 heavy (non-hydrogen) atoms. The van der Waals surface area contributed by atoms with Crippen molar-refractivity contribution in [1.82, 2.24) is 10.2 Å². The van der Waals surface area contributed by atoms with Crippen molar-refractivity contribution < 1.29 is 9.59 Å². The number of carbonyl (C=O) groups excluding carboxylic acids is 2. The lowest BCUT2D eigenvalue weighted by atomic mass is 9.98. The van der Waals surface area contributed by atoms with E-state index in [4.69, 9.17) is 5.73 Å². The second-order valence-electron chi connectivity index (χ2n) is 4.94. The average molecular weight is 291 g/mol. The van der Waals surface area contributed by atoms with Crippen molar-refractivity contribution in [3.8, 4) is 0 Å². The Morgan fingerprint density at radius 3 is 2.24 bits per heavy atom.